The Labute approximate surface area is 107 Å². The van der Waals surface area contributed by atoms with E-state index < -0.39 is 5.97 Å². The topological polar surface area (TPSA) is 77.8 Å². The number of aromatic hydroxyl groups is 2. The Kier molecular flexibility index (Phi) is 3.28. The van der Waals surface area contributed by atoms with Crippen molar-refractivity contribution in [2.24, 2.45) is 5.92 Å². The molecule has 1 atom stereocenters. The van der Waals surface area contributed by atoms with Crippen LogP contribution in [-0.2, 0) is 4.79 Å². The van der Waals surface area contributed by atoms with E-state index in [0.29, 0.717) is 10.4 Å². The number of carboxylic acids is 1. The third-order valence-electron chi connectivity index (χ3n) is 3.08. The van der Waals surface area contributed by atoms with Gasteiger partial charge >= 0.3 is 5.97 Å². The maximum Gasteiger partial charge on any atom is 0.303 e. The lowest BCUT2D eigenvalue weighted by molar-refractivity contribution is -0.137. The Morgan fingerprint density at radius 2 is 2.06 bits per heavy atom. The van der Waals surface area contributed by atoms with Crippen molar-refractivity contribution < 1.29 is 20.1 Å². The Morgan fingerprint density at radius 3 is 2.53 bits per heavy atom. The predicted octanol–water partition coefficient (Wildman–Crippen LogP) is 2.83. The summed E-state index contributed by atoms with van der Waals surface area (Å²) in [6.45, 7) is 0. The van der Waals surface area contributed by atoms with Crippen LogP contribution in [0, 0.1) is 5.92 Å². The number of hydrogen-bond acceptors (Lipinski definition) is 3. The third-order valence-corrected chi connectivity index (χ3v) is 3.68. The lowest BCUT2D eigenvalue weighted by atomic mass is 9.91. The molecule has 4 nitrogen and oxygen atoms in total. The molecule has 5 heteroatoms. The van der Waals surface area contributed by atoms with Gasteiger partial charge in [0, 0.05) is 0 Å². The molecule has 0 heterocycles. The molecule has 17 heavy (non-hydrogen) atoms. The van der Waals surface area contributed by atoms with Crippen molar-refractivity contribution >= 4 is 21.9 Å². The summed E-state index contributed by atoms with van der Waals surface area (Å²) in [7, 11) is 0. The molecule has 0 saturated heterocycles. The average Bonchev–Trinajstić information content (AvgIpc) is 3.05. The molecule has 1 saturated carbocycles. The van der Waals surface area contributed by atoms with E-state index in [1.54, 1.807) is 6.07 Å². The highest BCUT2D eigenvalue weighted by Crippen LogP contribution is 2.47. The molecule has 2 rings (SSSR count). The molecule has 1 fully saturated rings. The van der Waals surface area contributed by atoms with E-state index in [9.17, 15) is 15.0 Å². The minimum absolute atomic E-state index is 0.0569. The second-order valence-corrected chi connectivity index (χ2v) is 5.27. The summed E-state index contributed by atoms with van der Waals surface area (Å²) in [6.07, 6.45) is 2.11. The molecule has 0 aromatic heterocycles. The van der Waals surface area contributed by atoms with Crippen LogP contribution in [0.15, 0.2) is 16.6 Å². The van der Waals surface area contributed by atoms with Crippen molar-refractivity contribution in [2.45, 2.75) is 25.2 Å². The van der Waals surface area contributed by atoms with Crippen molar-refractivity contribution in [2.75, 3.05) is 0 Å². The second kappa shape index (κ2) is 4.56. The summed E-state index contributed by atoms with van der Waals surface area (Å²) >= 11 is 3.14. The average molecular weight is 301 g/mol. The fourth-order valence-corrected chi connectivity index (χ4v) is 2.53. The quantitative estimate of drug-likeness (QED) is 0.747. The fourth-order valence-electron chi connectivity index (χ4n) is 2.06. The summed E-state index contributed by atoms with van der Waals surface area (Å²) < 4.78 is 0.392. The summed E-state index contributed by atoms with van der Waals surface area (Å²) in [6, 6.07) is 3.13. The van der Waals surface area contributed by atoms with Crippen molar-refractivity contribution in [1.29, 1.82) is 0 Å². The molecule has 1 aliphatic rings. The van der Waals surface area contributed by atoms with Gasteiger partial charge < -0.3 is 15.3 Å². The van der Waals surface area contributed by atoms with E-state index >= 15 is 0 Å². The highest BCUT2D eigenvalue weighted by Gasteiger charge is 2.34. The van der Waals surface area contributed by atoms with Gasteiger partial charge in [-0.2, -0.15) is 0 Å². The molecule has 1 aromatic rings. The largest absolute Gasteiger partial charge is 0.504 e. The molecule has 92 valence electrons. The molecule has 0 spiro atoms. The van der Waals surface area contributed by atoms with Crippen LogP contribution in [0.1, 0.15) is 30.7 Å². The first-order valence-corrected chi connectivity index (χ1v) is 6.21. The Balaban J connectivity index is 2.32. The molecular weight excluding hydrogens is 288 g/mol. The zero-order chi connectivity index (χ0) is 12.6. The zero-order valence-electron chi connectivity index (χ0n) is 9.06. The molecule has 0 bridgehead atoms. The Bertz CT molecular complexity index is 431. The van der Waals surface area contributed by atoms with Gasteiger partial charge in [-0.25, -0.2) is 0 Å². The van der Waals surface area contributed by atoms with Gasteiger partial charge in [-0.1, -0.05) is 0 Å². The number of carboxylic acid groups (broad SMARTS) is 1. The second-order valence-electron chi connectivity index (χ2n) is 4.41. The highest BCUT2D eigenvalue weighted by molar-refractivity contribution is 9.10. The van der Waals surface area contributed by atoms with Crippen LogP contribution in [0.25, 0.3) is 0 Å². The summed E-state index contributed by atoms with van der Waals surface area (Å²) in [5, 5.41) is 27.9. The molecule has 3 N–H and O–H groups in total. The number of aliphatic carboxylic acids is 1. The smallest absolute Gasteiger partial charge is 0.303 e. The van der Waals surface area contributed by atoms with Crippen LogP contribution in [0.3, 0.4) is 0 Å². The van der Waals surface area contributed by atoms with E-state index in [-0.39, 0.29) is 23.8 Å². The highest BCUT2D eigenvalue weighted by atomic mass is 79.9. The van der Waals surface area contributed by atoms with Crippen LogP contribution >= 0.6 is 15.9 Å². The number of phenolic OH excluding ortho intramolecular Hbond substituents is 2. The van der Waals surface area contributed by atoms with Crippen LogP contribution < -0.4 is 0 Å². The van der Waals surface area contributed by atoms with Crippen molar-refractivity contribution in [3.63, 3.8) is 0 Å². The fraction of sp³-hybridized carbons (Fsp3) is 0.417. The predicted molar refractivity (Wildman–Crippen MR) is 65.2 cm³/mol. The summed E-state index contributed by atoms with van der Waals surface area (Å²) in [5.41, 5.74) is 0.761. The van der Waals surface area contributed by atoms with Crippen molar-refractivity contribution in [1.82, 2.24) is 0 Å². The van der Waals surface area contributed by atoms with Crippen LogP contribution in [0.4, 0.5) is 0 Å². The van der Waals surface area contributed by atoms with Gasteiger partial charge in [-0.3, -0.25) is 4.79 Å². The maximum atomic E-state index is 10.8. The van der Waals surface area contributed by atoms with E-state index in [1.165, 1.54) is 6.07 Å². The van der Waals surface area contributed by atoms with Crippen LogP contribution in [-0.4, -0.2) is 21.3 Å². The van der Waals surface area contributed by atoms with Gasteiger partial charge in [-0.15, -0.1) is 0 Å². The number of carbonyl (C=O) groups is 1. The van der Waals surface area contributed by atoms with Gasteiger partial charge in [0.05, 0.1) is 10.9 Å². The lowest BCUT2D eigenvalue weighted by Gasteiger charge is -2.15. The molecule has 0 radical (unpaired) electrons. The number of phenols is 2. The number of hydrogen-bond donors (Lipinski definition) is 3. The molecule has 1 aliphatic carbocycles. The first kappa shape index (κ1) is 12.2. The third kappa shape index (κ3) is 2.72. The molecular formula is C12H13BrO4. The van der Waals surface area contributed by atoms with Gasteiger partial charge in [0.15, 0.2) is 11.5 Å². The van der Waals surface area contributed by atoms with E-state index in [4.69, 9.17) is 5.11 Å². The normalized spacial score (nSPS) is 16.8. The van der Waals surface area contributed by atoms with Gasteiger partial charge in [0.25, 0.3) is 0 Å². The monoisotopic (exact) mass is 300 g/mol. The lowest BCUT2D eigenvalue weighted by Crippen LogP contribution is -2.08. The Hall–Kier alpha value is -1.23. The number of benzene rings is 1. The molecule has 0 aliphatic heterocycles. The van der Waals surface area contributed by atoms with Gasteiger partial charge in [0.2, 0.25) is 0 Å². The molecule has 0 amide bonds. The van der Waals surface area contributed by atoms with Crippen LogP contribution in [0.2, 0.25) is 0 Å². The maximum absolute atomic E-state index is 10.8. The minimum atomic E-state index is -0.842. The van der Waals surface area contributed by atoms with Gasteiger partial charge in [0.1, 0.15) is 0 Å². The molecule has 1 unspecified atom stereocenters. The Morgan fingerprint density at radius 1 is 1.41 bits per heavy atom. The van der Waals surface area contributed by atoms with Crippen molar-refractivity contribution in [3.05, 3.63) is 22.2 Å². The number of rotatable bonds is 4. The van der Waals surface area contributed by atoms with E-state index in [2.05, 4.69) is 15.9 Å². The van der Waals surface area contributed by atoms with Gasteiger partial charge in [-0.05, 0) is 58.3 Å². The first-order valence-electron chi connectivity index (χ1n) is 5.42. The standard InChI is InChI=1S/C12H13BrO4/c13-9-3-7(4-10(14)12(9)17)8(5-11(15)16)6-1-2-6/h3-4,6,8,14,17H,1-2,5H2,(H,15,16). The SMILES string of the molecule is O=C(O)CC(c1cc(O)c(O)c(Br)c1)C1CC1. The van der Waals surface area contributed by atoms with Crippen molar-refractivity contribution in [3.8, 4) is 11.5 Å². The molecule has 1 aromatic carbocycles. The summed E-state index contributed by atoms with van der Waals surface area (Å²) in [4.78, 5) is 10.8. The van der Waals surface area contributed by atoms with Crippen LogP contribution in [0.5, 0.6) is 11.5 Å². The zero-order valence-corrected chi connectivity index (χ0v) is 10.6. The van der Waals surface area contributed by atoms with E-state index in [1.807, 2.05) is 0 Å². The minimum Gasteiger partial charge on any atom is -0.504 e. The number of halogens is 1. The summed E-state index contributed by atoms with van der Waals surface area (Å²) in [5.74, 6) is -0.980. The van der Waals surface area contributed by atoms with E-state index in [0.717, 1.165) is 18.4 Å². The first-order chi connectivity index (χ1) is 7.99.